The fourth-order valence-electron chi connectivity index (χ4n) is 1.22. The molecule has 0 saturated heterocycles. The summed E-state index contributed by atoms with van der Waals surface area (Å²) in [5.41, 5.74) is -0.424. The first-order chi connectivity index (χ1) is 8.69. The SMILES string of the molecule is Cn1cncc1/C=C(/NC(=O)OC(C)(C)C)C(=O)O. The largest absolute Gasteiger partial charge is 0.477 e. The van der Waals surface area contributed by atoms with Gasteiger partial charge in [-0.1, -0.05) is 0 Å². The van der Waals surface area contributed by atoms with Crippen molar-refractivity contribution in [2.24, 2.45) is 7.05 Å². The van der Waals surface area contributed by atoms with Gasteiger partial charge in [0.25, 0.3) is 0 Å². The third kappa shape index (κ3) is 4.82. The number of nitrogens with zero attached hydrogens (tertiary/aromatic N) is 2. The highest BCUT2D eigenvalue weighted by atomic mass is 16.6. The lowest BCUT2D eigenvalue weighted by Gasteiger charge is -2.19. The highest BCUT2D eigenvalue weighted by Gasteiger charge is 2.19. The van der Waals surface area contributed by atoms with Crippen LogP contribution in [0.2, 0.25) is 0 Å². The van der Waals surface area contributed by atoms with E-state index < -0.39 is 17.7 Å². The lowest BCUT2D eigenvalue weighted by Crippen LogP contribution is -2.34. The predicted molar refractivity (Wildman–Crippen MR) is 68.2 cm³/mol. The van der Waals surface area contributed by atoms with Crippen LogP contribution in [0.25, 0.3) is 6.08 Å². The van der Waals surface area contributed by atoms with E-state index in [0.29, 0.717) is 5.69 Å². The van der Waals surface area contributed by atoms with E-state index in [1.807, 2.05) is 0 Å². The minimum Gasteiger partial charge on any atom is -0.477 e. The Kier molecular flexibility index (Phi) is 4.31. The van der Waals surface area contributed by atoms with E-state index in [4.69, 9.17) is 9.84 Å². The second-order valence-corrected chi connectivity index (χ2v) is 4.92. The molecule has 1 aromatic rings. The third-order valence-electron chi connectivity index (χ3n) is 2.01. The summed E-state index contributed by atoms with van der Waals surface area (Å²) in [5.74, 6) is -1.26. The van der Waals surface area contributed by atoms with Crippen LogP contribution in [-0.2, 0) is 16.6 Å². The van der Waals surface area contributed by atoms with Crippen LogP contribution in [0.15, 0.2) is 18.2 Å². The van der Waals surface area contributed by atoms with Crippen LogP contribution in [0.1, 0.15) is 26.5 Å². The number of carboxylic acid groups (broad SMARTS) is 1. The minimum absolute atomic E-state index is 0.280. The van der Waals surface area contributed by atoms with Crippen LogP contribution in [-0.4, -0.2) is 32.3 Å². The lowest BCUT2D eigenvalue weighted by molar-refractivity contribution is -0.133. The van der Waals surface area contributed by atoms with E-state index >= 15 is 0 Å². The molecule has 0 saturated carbocycles. The summed E-state index contributed by atoms with van der Waals surface area (Å²) in [6.07, 6.45) is 3.50. The molecule has 104 valence electrons. The fraction of sp³-hybridized carbons (Fsp3) is 0.417. The number of ether oxygens (including phenoxy) is 1. The molecule has 1 aromatic heterocycles. The number of amides is 1. The summed E-state index contributed by atoms with van der Waals surface area (Å²) in [5, 5.41) is 11.2. The summed E-state index contributed by atoms with van der Waals surface area (Å²) < 4.78 is 6.62. The van der Waals surface area contributed by atoms with Crippen LogP contribution in [0.5, 0.6) is 0 Å². The monoisotopic (exact) mass is 267 g/mol. The fourth-order valence-corrected chi connectivity index (χ4v) is 1.22. The van der Waals surface area contributed by atoms with Gasteiger partial charge in [0.05, 0.1) is 18.2 Å². The molecule has 0 aliphatic rings. The Hall–Kier alpha value is -2.31. The zero-order valence-electron chi connectivity index (χ0n) is 11.3. The number of hydrogen-bond acceptors (Lipinski definition) is 4. The van der Waals surface area contributed by atoms with Crippen LogP contribution in [0.4, 0.5) is 4.79 Å². The molecular formula is C12H17N3O4. The molecular weight excluding hydrogens is 250 g/mol. The average Bonchev–Trinajstić information content (AvgIpc) is 2.60. The summed E-state index contributed by atoms with van der Waals surface area (Å²) in [6, 6.07) is 0. The maximum atomic E-state index is 11.5. The predicted octanol–water partition coefficient (Wildman–Crippen LogP) is 1.37. The maximum absolute atomic E-state index is 11.5. The van der Waals surface area contributed by atoms with Crippen molar-refractivity contribution in [2.75, 3.05) is 0 Å². The number of alkyl carbamates (subject to hydrolysis) is 1. The standard InChI is InChI=1S/C12H17N3O4/c1-12(2,3)19-11(18)14-9(10(16)17)5-8-6-13-7-15(8)4/h5-7H,1-4H3,(H,14,18)(H,16,17)/b9-5+. The molecule has 1 amide bonds. The van der Waals surface area contributed by atoms with Gasteiger partial charge in [-0.05, 0) is 26.8 Å². The summed E-state index contributed by atoms with van der Waals surface area (Å²) in [6.45, 7) is 5.08. The first kappa shape index (κ1) is 14.7. The Morgan fingerprint density at radius 3 is 2.53 bits per heavy atom. The number of aliphatic carboxylic acids is 1. The number of nitrogens with one attached hydrogen (secondary N) is 1. The van der Waals surface area contributed by atoms with E-state index in [2.05, 4.69) is 10.3 Å². The number of hydrogen-bond donors (Lipinski definition) is 2. The van der Waals surface area contributed by atoms with Gasteiger partial charge in [0.15, 0.2) is 0 Å². The number of carboxylic acids is 1. The van der Waals surface area contributed by atoms with Crippen molar-refractivity contribution in [1.29, 1.82) is 0 Å². The highest BCUT2D eigenvalue weighted by Crippen LogP contribution is 2.08. The van der Waals surface area contributed by atoms with Crippen LogP contribution in [0, 0.1) is 0 Å². The normalized spacial score (nSPS) is 12.1. The molecule has 19 heavy (non-hydrogen) atoms. The van der Waals surface area contributed by atoms with Gasteiger partial charge < -0.3 is 14.4 Å². The summed E-state index contributed by atoms with van der Waals surface area (Å²) in [7, 11) is 1.71. The number of rotatable bonds is 3. The van der Waals surface area contributed by atoms with Crippen LogP contribution < -0.4 is 5.32 Å². The van der Waals surface area contributed by atoms with Crippen molar-refractivity contribution < 1.29 is 19.4 Å². The van der Waals surface area contributed by atoms with Crippen molar-refractivity contribution in [3.05, 3.63) is 23.9 Å². The van der Waals surface area contributed by atoms with E-state index in [1.54, 1.807) is 32.4 Å². The Balaban J connectivity index is 2.86. The van der Waals surface area contributed by atoms with E-state index in [-0.39, 0.29) is 5.70 Å². The number of aryl methyl sites for hydroxylation is 1. The second kappa shape index (κ2) is 5.55. The topological polar surface area (TPSA) is 93.5 Å². The molecule has 0 spiro atoms. The molecule has 0 unspecified atom stereocenters. The second-order valence-electron chi connectivity index (χ2n) is 4.92. The van der Waals surface area contributed by atoms with Gasteiger partial charge in [0, 0.05) is 7.05 Å². The smallest absolute Gasteiger partial charge is 0.412 e. The molecule has 2 N–H and O–H groups in total. The van der Waals surface area contributed by atoms with Gasteiger partial charge in [0.2, 0.25) is 0 Å². The van der Waals surface area contributed by atoms with Gasteiger partial charge in [-0.3, -0.25) is 5.32 Å². The summed E-state index contributed by atoms with van der Waals surface area (Å²) in [4.78, 5) is 26.5. The van der Waals surface area contributed by atoms with Crippen molar-refractivity contribution in [3.8, 4) is 0 Å². The first-order valence-electron chi connectivity index (χ1n) is 5.60. The average molecular weight is 267 g/mol. The number of aromatic nitrogens is 2. The van der Waals surface area contributed by atoms with E-state index in [9.17, 15) is 9.59 Å². The number of imidazole rings is 1. The Morgan fingerprint density at radius 1 is 1.47 bits per heavy atom. The summed E-state index contributed by atoms with van der Waals surface area (Å²) >= 11 is 0. The van der Waals surface area contributed by atoms with E-state index in [0.717, 1.165) is 0 Å². The molecule has 0 bridgehead atoms. The molecule has 0 atom stereocenters. The number of carbonyl (C=O) groups excluding carboxylic acids is 1. The highest BCUT2D eigenvalue weighted by molar-refractivity contribution is 5.95. The molecule has 0 radical (unpaired) electrons. The van der Waals surface area contributed by atoms with Gasteiger partial charge in [-0.2, -0.15) is 0 Å². The molecule has 7 heteroatoms. The molecule has 0 aliphatic heterocycles. The van der Waals surface area contributed by atoms with Crippen molar-refractivity contribution in [2.45, 2.75) is 26.4 Å². The van der Waals surface area contributed by atoms with Crippen molar-refractivity contribution >= 4 is 18.1 Å². The number of carbonyl (C=O) groups is 2. The van der Waals surface area contributed by atoms with E-state index in [1.165, 1.54) is 18.6 Å². The zero-order chi connectivity index (χ0) is 14.6. The first-order valence-corrected chi connectivity index (χ1v) is 5.60. The van der Waals surface area contributed by atoms with Gasteiger partial charge in [0.1, 0.15) is 11.3 Å². The molecule has 7 nitrogen and oxygen atoms in total. The van der Waals surface area contributed by atoms with Crippen molar-refractivity contribution in [3.63, 3.8) is 0 Å². The third-order valence-corrected chi connectivity index (χ3v) is 2.01. The molecule has 1 heterocycles. The maximum Gasteiger partial charge on any atom is 0.412 e. The Bertz CT molecular complexity index is 511. The molecule has 0 aromatic carbocycles. The Morgan fingerprint density at radius 2 is 2.11 bits per heavy atom. The zero-order valence-corrected chi connectivity index (χ0v) is 11.3. The van der Waals surface area contributed by atoms with Gasteiger partial charge >= 0.3 is 12.1 Å². The molecule has 0 aliphatic carbocycles. The van der Waals surface area contributed by atoms with Gasteiger partial charge in [-0.25, -0.2) is 14.6 Å². The Labute approximate surface area is 110 Å². The lowest BCUT2D eigenvalue weighted by atomic mass is 10.2. The minimum atomic E-state index is -1.26. The van der Waals surface area contributed by atoms with Crippen LogP contribution in [0.3, 0.4) is 0 Å². The van der Waals surface area contributed by atoms with Crippen molar-refractivity contribution in [1.82, 2.24) is 14.9 Å². The van der Waals surface area contributed by atoms with Crippen LogP contribution >= 0.6 is 0 Å². The van der Waals surface area contributed by atoms with Gasteiger partial charge in [-0.15, -0.1) is 0 Å². The quantitative estimate of drug-likeness (QED) is 0.807. The molecule has 1 rings (SSSR count). The molecule has 0 fully saturated rings.